The summed E-state index contributed by atoms with van der Waals surface area (Å²) in [6, 6.07) is 10.2. The third-order valence-electron chi connectivity index (χ3n) is 2.78. The highest BCUT2D eigenvalue weighted by Gasteiger charge is 2.31. The van der Waals surface area contributed by atoms with Gasteiger partial charge in [-0.25, -0.2) is 0 Å². The fraction of sp³-hybridized carbons (Fsp3) is 0.133. The molecule has 0 saturated heterocycles. The van der Waals surface area contributed by atoms with Gasteiger partial charge in [-0.05, 0) is 30.7 Å². The predicted molar refractivity (Wildman–Crippen MR) is 73.6 cm³/mol. The molecule has 0 unspecified atom stereocenters. The van der Waals surface area contributed by atoms with Crippen LogP contribution >= 0.6 is 11.6 Å². The molecule has 2 nitrogen and oxygen atoms in total. The van der Waals surface area contributed by atoms with Crippen molar-refractivity contribution in [1.82, 2.24) is 0 Å². The van der Waals surface area contributed by atoms with Crippen LogP contribution in [0.25, 0.3) is 11.1 Å². The quantitative estimate of drug-likeness (QED) is 0.736. The zero-order chi connectivity index (χ0) is 15.6. The fourth-order valence-corrected chi connectivity index (χ4v) is 2.23. The number of alkyl halides is 3. The molecule has 0 aliphatic carbocycles. The average Bonchev–Trinajstić information content (AvgIpc) is 2.38. The van der Waals surface area contributed by atoms with Gasteiger partial charge in [0.2, 0.25) is 0 Å². The van der Waals surface area contributed by atoms with Crippen LogP contribution in [-0.4, -0.2) is 12.1 Å². The first-order valence-corrected chi connectivity index (χ1v) is 6.31. The van der Waals surface area contributed by atoms with Crippen molar-refractivity contribution in [2.75, 3.05) is 0 Å². The molecule has 0 amide bonds. The number of ether oxygens (including phenoxy) is 1. The van der Waals surface area contributed by atoms with E-state index in [-0.39, 0.29) is 16.6 Å². The minimum absolute atomic E-state index is 0.182. The lowest BCUT2D eigenvalue weighted by Gasteiger charge is -2.11. The maximum absolute atomic E-state index is 12.1. The molecule has 0 aliphatic heterocycles. The molecule has 0 fully saturated rings. The van der Waals surface area contributed by atoms with E-state index in [0.29, 0.717) is 16.7 Å². The molecule has 0 spiro atoms. The Balaban J connectivity index is 2.35. The Labute approximate surface area is 124 Å². The normalized spacial score (nSPS) is 11.3. The molecule has 2 aromatic rings. The van der Waals surface area contributed by atoms with E-state index in [1.807, 2.05) is 0 Å². The summed E-state index contributed by atoms with van der Waals surface area (Å²) in [5.74, 6) is -0.496. The molecule has 0 aromatic heterocycles. The molecule has 2 rings (SSSR count). The van der Waals surface area contributed by atoms with Crippen LogP contribution in [0.5, 0.6) is 5.75 Å². The van der Waals surface area contributed by atoms with E-state index in [4.69, 9.17) is 11.6 Å². The van der Waals surface area contributed by atoms with Crippen LogP contribution in [0, 0.1) is 0 Å². The Morgan fingerprint density at radius 1 is 1.10 bits per heavy atom. The number of hydrogen-bond donors (Lipinski definition) is 0. The molecule has 0 bridgehead atoms. The minimum atomic E-state index is -4.73. The minimum Gasteiger partial charge on any atom is -0.406 e. The van der Waals surface area contributed by atoms with Gasteiger partial charge in [-0.2, -0.15) is 0 Å². The maximum atomic E-state index is 12.1. The summed E-state index contributed by atoms with van der Waals surface area (Å²) >= 11 is 6.15. The lowest BCUT2D eigenvalue weighted by atomic mass is 10.0. The van der Waals surface area contributed by atoms with Crippen LogP contribution < -0.4 is 4.74 Å². The monoisotopic (exact) mass is 314 g/mol. The zero-order valence-electron chi connectivity index (χ0n) is 10.9. The Morgan fingerprint density at radius 3 is 2.24 bits per heavy atom. The number of halogens is 4. The molecule has 0 aliphatic rings. The standard InChI is InChI=1S/C15H10ClF3O2/c1-9(20)12-3-2-4-13(14(12)16)10-5-7-11(8-6-10)21-15(17,18)19/h2-8H,1H3. The van der Waals surface area contributed by atoms with Crippen molar-refractivity contribution >= 4 is 17.4 Å². The first kappa shape index (κ1) is 15.4. The predicted octanol–water partition coefficient (Wildman–Crippen LogP) is 5.11. The fourth-order valence-electron chi connectivity index (χ4n) is 1.86. The second kappa shape index (κ2) is 5.77. The van der Waals surface area contributed by atoms with Gasteiger partial charge in [0.05, 0.1) is 5.02 Å². The van der Waals surface area contributed by atoms with Crippen molar-refractivity contribution in [2.24, 2.45) is 0 Å². The van der Waals surface area contributed by atoms with Crippen LogP contribution in [-0.2, 0) is 0 Å². The van der Waals surface area contributed by atoms with Crippen molar-refractivity contribution in [3.05, 3.63) is 53.1 Å². The molecular weight excluding hydrogens is 305 g/mol. The molecule has 6 heteroatoms. The van der Waals surface area contributed by atoms with Crippen LogP contribution in [0.3, 0.4) is 0 Å². The molecule has 0 atom stereocenters. The van der Waals surface area contributed by atoms with Gasteiger partial charge >= 0.3 is 6.36 Å². The van der Waals surface area contributed by atoms with Gasteiger partial charge in [-0.15, -0.1) is 13.2 Å². The second-order valence-corrected chi connectivity index (χ2v) is 4.67. The number of rotatable bonds is 3. The van der Waals surface area contributed by atoms with E-state index in [9.17, 15) is 18.0 Å². The number of hydrogen-bond acceptors (Lipinski definition) is 2. The van der Waals surface area contributed by atoms with E-state index in [1.165, 1.54) is 31.2 Å². The molecule has 0 N–H and O–H groups in total. The van der Waals surface area contributed by atoms with Crippen LogP contribution in [0.2, 0.25) is 5.02 Å². The highest BCUT2D eigenvalue weighted by atomic mass is 35.5. The number of ketones is 1. The Hall–Kier alpha value is -2.01. The van der Waals surface area contributed by atoms with Gasteiger partial charge in [0, 0.05) is 11.1 Å². The molecule has 110 valence electrons. The van der Waals surface area contributed by atoms with Crippen molar-refractivity contribution in [3.63, 3.8) is 0 Å². The molecule has 21 heavy (non-hydrogen) atoms. The third kappa shape index (κ3) is 3.76. The van der Waals surface area contributed by atoms with E-state index in [2.05, 4.69) is 4.74 Å². The highest BCUT2D eigenvalue weighted by molar-refractivity contribution is 6.36. The summed E-state index contributed by atoms with van der Waals surface area (Å²) in [4.78, 5) is 11.4. The third-order valence-corrected chi connectivity index (χ3v) is 3.18. The average molecular weight is 315 g/mol. The number of carbonyl (C=O) groups excluding carboxylic acids is 1. The molecule has 2 aromatic carbocycles. The van der Waals surface area contributed by atoms with E-state index in [1.54, 1.807) is 18.2 Å². The van der Waals surface area contributed by atoms with Gasteiger partial charge in [-0.3, -0.25) is 4.79 Å². The SMILES string of the molecule is CC(=O)c1cccc(-c2ccc(OC(F)(F)F)cc2)c1Cl. The molecule has 0 saturated carbocycles. The Bertz CT molecular complexity index is 664. The van der Waals surface area contributed by atoms with E-state index >= 15 is 0 Å². The molecule has 0 radical (unpaired) electrons. The summed E-state index contributed by atoms with van der Waals surface area (Å²) in [6.45, 7) is 1.39. The lowest BCUT2D eigenvalue weighted by Crippen LogP contribution is -2.16. The summed E-state index contributed by atoms with van der Waals surface area (Å²) < 4.78 is 40.1. The summed E-state index contributed by atoms with van der Waals surface area (Å²) in [6.07, 6.45) is -4.73. The second-order valence-electron chi connectivity index (χ2n) is 4.30. The first-order chi connectivity index (χ1) is 9.78. The van der Waals surface area contributed by atoms with Gasteiger partial charge < -0.3 is 4.74 Å². The van der Waals surface area contributed by atoms with Crippen LogP contribution in [0.15, 0.2) is 42.5 Å². The molecule has 0 heterocycles. The van der Waals surface area contributed by atoms with Gasteiger partial charge in [0.1, 0.15) is 5.75 Å². The van der Waals surface area contributed by atoms with Crippen molar-refractivity contribution in [1.29, 1.82) is 0 Å². The number of Topliss-reactive ketones (excluding diaryl/α,β-unsaturated/α-hetero) is 1. The van der Waals surface area contributed by atoms with Gasteiger partial charge in [0.15, 0.2) is 5.78 Å². The van der Waals surface area contributed by atoms with Gasteiger partial charge in [-0.1, -0.05) is 35.9 Å². The largest absolute Gasteiger partial charge is 0.573 e. The summed E-state index contributed by atoms with van der Waals surface area (Å²) in [5.41, 5.74) is 1.53. The lowest BCUT2D eigenvalue weighted by molar-refractivity contribution is -0.274. The highest BCUT2D eigenvalue weighted by Crippen LogP contribution is 2.32. The van der Waals surface area contributed by atoms with Crippen molar-refractivity contribution in [2.45, 2.75) is 13.3 Å². The zero-order valence-corrected chi connectivity index (χ0v) is 11.6. The van der Waals surface area contributed by atoms with Crippen LogP contribution in [0.1, 0.15) is 17.3 Å². The first-order valence-electron chi connectivity index (χ1n) is 5.93. The summed E-state index contributed by atoms with van der Waals surface area (Å²) in [5, 5.41) is 0.273. The number of benzene rings is 2. The Kier molecular flexibility index (Phi) is 4.23. The van der Waals surface area contributed by atoms with Crippen molar-refractivity contribution in [3.8, 4) is 16.9 Å². The maximum Gasteiger partial charge on any atom is 0.573 e. The smallest absolute Gasteiger partial charge is 0.406 e. The molecular formula is C15H10ClF3O2. The summed E-state index contributed by atoms with van der Waals surface area (Å²) in [7, 11) is 0. The van der Waals surface area contributed by atoms with Gasteiger partial charge in [0.25, 0.3) is 0 Å². The van der Waals surface area contributed by atoms with Crippen molar-refractivity contribution < 1.29 is 22.7 Å². The van der Waals surface area contributed by atoms with E-state index < -0.39 is 6.36 Å². The number of carbonyl (C=O) groups is 1. The van der Waals surface area contributed by atoms with Crippen LogP contribution in [0.4, 0.5) is 13.2 Å². The van der Waals surface area contributed by atoms with E-state index in [0.717, 1.165) is 0 Å². The Morgan fingerprint density at radius 2 is 1.71 bits per heavy atom. The topological polar surface area (TPSA) is 26.3 Å².